The fourth-order valence-electron chi connectivity index (χ4n) is 4.69. The summed E-state index contributed by atoms with van der Waals surface area (Å²) in [5.41, 5.74) is 16.0. The van der Waals surface area contributed by atoms with Crippen LogP contribution in [0.5, 0.6) is 0 Å². The van der Waals surface area contributed by atoms with Crippen LogP contribution in [0, 0.1) is 0 Å². The Bertz CT molecular complexity index is 1580. The number of hydrogen-bond acceptors (Lipinski definition) is 6. The molecule has 0 fully saturated rings. The van der Waals surface area contributed by atoms with Crippen LogP contribution in [0.3, 0.4) is 0 Å². The number of hydrogen-bond donors (Lipinski definition) is 6. The number of aromatic carboxylic acids is 3. The first-order valence-electron chi connectivity index (χ1n) is 12.0. The molecule has 0 saturated heterocycles. The van der Waals surface area contributed by atoms with Crippen molar-refractivity contribution in [2.45, 2.75) is 0 Å². The second kappa shape index (κ2) is 11.1. The van der Waals surface area contributed by atoms with Gasteiger partial charge in [-0.1, -0.05) is 36.4 Å². The molecule has 0 heterocycles. The third-order valence-electron chi connectivity index (χ3n) is 6.50. The van der Waals surface area contributed by atoms with Crippen molar-refractivity contribution < 1.29 is 44.1 Å². The molecule has 0 saturated carbocycles. The van der Waals surface area contributed by atoms with Gasteiger partial charge in [0, 0.05) is 16.7 Å². The van der Waals surface area contributed by atoms with Gasteiger partial charge in [0.2, 0.25) is 17.7 Å². The lowest BCUT2D eigenvalue weighted by Gasteiger charge is -2.24. The standard InChI is InChI=1S/C30H21N3O9/c31-25(34)22-19(13-1-7-16(8-2-13)28(37)38)23(26(32)35)21(15-5-11-18(12-6-15)30(41)42)24(27(33)36)20(22)14-3-9-17(10-4-14)29(39)40/h1-12H,(H2,31,34)(H2,32,35)(H2,33,36)(H,37,38)(H,39,40)(H,41,42). The maximum absolute atomic E-state index is 13.1. The number of carboxylic acids is 3. The molecule has 0 unspecified atom stereocenters. The molecule has 4 aromatic carbocycles. The molecule has 4 aromatic rings. The average Bonchev–Trinajstić information content (AvgIpc) is 2.95. The number of nitrogens with two attached hydrogens (primary N) is 3. The van der Waals surface area contributed by atoms with Crippen molar-refractivity contribution in [3.63, 3.8) is 0 Å². The smallest absolute Gasteiger partial charge is 0.335 e. The van der Waals surface area contributed by atoms with Gasteiger partial charge < -0.3 is 32.5 Å². The van der Waals surface area contributed by atoms with Crippen molar-refractivity contribution >= 4 is 35.6 Å². The van der Waals surface area contributed by atoms with Crippen LogP contribution in [0.25, 0.3) is 33.4 Å². The van der Waals surface area contributed by atoms with Gasteiger partial charge in [0.05, 0.1) is 33.4 Å². The van der Waals surface area contributed by atoms with Gasteiger partial charge in [-0.25, -0.2) is 14.4 Å². The van der Waals surface area contributed by atoms with Gasteiger partial charge in [-0.2, -0.15) is 0 Å². The highest BCUT2D eigenvalue weighted by Gasteiger charge is 2.33. The van der Waals surface area contributed by atoms with E-state index >= 15 is 0 Å². The van der Waals surface area contributed by atoms with Gasteiger partial charge in [0.1, 0.15) is 0 Å². The number of carboxylic acid groups (broad SMARTS) is 3. The third kappa shape index (κ3) is 5.14. The van der Waals surface area contributed by atoms with Gasteiger partial charge in [0.25, 0.3) is 0 Å². The molecule has 0 aliphatic heterocycles. The molecule has 12 nitrogen and oxygen atoms in total. The molecular formula is C30H21N3O9. The van der Waals surface area contributed by atoms with Crippen LogP contribution in [0.2, 0.25) is 0 Å². The van der Waals surface area contributed by atoms with E-state index in [1.54, 1.807) is 0 Å². The second-order valence-electron chi connectivity index (χ2n) is 8.99. The van der Waals surface area contributed by atoms with E-state index in [1.165, 1.54) is 72.8 Å². The average molecular weight is 568 g/mol. The summed E-state index contributed by atoms with van der Waals surface area (Å²) in [6, 6.07) is 15.2. The summed E-state index contributed by atoms with van der Waals surface area (Å²) in [6.45, 7) is 0. The molecule has 3 amide bonds. The predicted molar refractivity (Wildman–Crippen MR) is 149 cm³/mol. The fourth-order valence-corrected chi connectivity index (χ4v) is 4.69. The molecule has 4 rings (SSSR count). The maximum atomic E-state index is 13.1. The lowest BCUT2D eigenvalue weighted by atomic mass is 9.78. The van der Waals surface area contributed by atoms with Crippen LogP contribution in [-0.4, -0.2) is 50.9 Å². The monoisotopic (exact) mass is 567 g/mol. The Morgan fingerprint density at radius 3 is 0.714 bits per heavy atom. The zero-order chi connectivity index (χ0) is 30.9. The largest absolute Gasteiger partial charge is 0.478 e. The Morgan fingerprint density at radius 2 is 0.571 bits per heavy atom. The fraction of sp³-hybridized carbons (Fsp3) is 0. The normalized spacial score (nSPS) is 10.6. The first-order valence-corrected chi connectivity index (χ1v) is 12.0. The molecule has 42 heavy (non-hydrogen) atoms. The number of rotatable bonds is 9. The van der Waals surface area contributed by atoms with Gasteiger partial charge >= 0.3 is 17.9 Å². The first-order chi connectivity index (χ1) is 19.8. The molecule has 12 heteroatoms. The lowest BCUT2D eigenvalue weighted by Crippen LogP contribution is -2.25. The molecule has 210 valence electrons. The van der Waals surface area contributed by atoms with Crippen molar-refractivity contribution in [1.82, 2.24) is 0 Å². The molecule has 0 spiro atoms. The molecular weight excluding hydrogens is 546 g/mol. The number of carbonyl (C=O) groups excluding carboxylic acids is 3. The van der Waals surface area contributed by atoms with Crippen LogP contribution in [-0.2, 0) is 0 Å². The summed E-state index contributed by atoms with van der Waals surface area (Å²) in [7, 11) is 0. The van der Waals surface area contributed by atoms with Crippen molar-refractivity contribution in [2.75, 3.05) is 0 Å². The Labute approximate surface area is 236 Å². The van der Waals surface area contributed by atoms with Crippen LogP contribution in [0.15, 0.2) is 72.8 Å². The van der Waals surface area contributed by atoms with E-state index in [0.29, 0.717) is 0 Å². The van der Waals surface area contributed by atoms with E-state index in [-0.39, 0.29) is 66.8 Å². The molecule has 0 radical (unpaired) electrons. The van der Waals surface area contributed by atoms with Crippen LogP contribution < -0.4 is 17.2 Å². The Kier molecular flexibility index (Phi) is 7.56. The summed E-state index contributed by atoms with van der Waals surface area (Å²) in [5.74, 6) is -7.05. The number of primary amides is 3. The minimum atomic E-state index is -1.24. The van der Waals surface area contributed by atoms with Crippen LogP contribution in [0.4, 0.5) is 0 Å². The second-order valence-corrected chi connectivity index (χ2v) is 8.99. The van der Waals surface area contributed by atoms with E-state index in [2.05, 4.69) is 0 Å². The van der Waals surface area contributed by atoms with Gasteiger partial charge in [-0.05, 0) is 53.1 Å². The van der Waals surface area contributed by atoms with Crippen molar-refractivity contribution in [3.8, 4) is 33.4 Å². The van der Waals surface area contributed by atoms with E-state index in [0.717, 1.165) is 0 Å². The minimum Gasteiger partial charge on any atom is -0.478 e. The van der Waals surface area contributed by atoms with E-state index in [4.69, 9.17) is 17.2 Å². The van der Waals surface area contributed by atoms with Crippen molar-refractivity contribution in [1.29, 1.82) is 0 Å². The van der Waals surface area contributed by atoms with E-state index < -0.39 is 35.6 Å². The summed E-state index contributed by atoms with van der Waals surface area (Å²) >= 11 is 0. The lowest BCUT2D eigenvalue weighted by molar-refractivity contribution is 0.0686. The summed E-state index contributed by atoms with van der Waals surface area (Å²) in [5, 5.41) is 28.1. The third-order valence-corrected chi connectivity index (χ3v) is 6.50. The summed E-state index contributed by atoms with van der Waals surface area (Å²) in [6.07, 6.45) is 0. The zero-order valence-corrected chi connectivity index (χ0v) is 21.5. The Balaban J connectivity index is 2.28. The van der Waals surface area contributed by atoms with Gasteiger partial charge in [0.15, 0.2) is 0 Å². The molecule has 9 N–H and O–H groups in total. The highest BCUT2D eigenvalue weighted by molar-refractivity contribution is 6.22. The molecule has 0 aromatic heterocycles. The SMILES string of the molecule is NC(=O)c1c(-c2ccc(C(=O)O)cc2)c(C(N)=O)c(-c2ccc(C(=O)O)cc2)c(C(N)=O)c1-c1ccc(C(=O)O)cc1. The first kappa shape index (κ1) is 28.7. The number of carbonyl (C=O) groups is 6. The number of amides is 3. The van der Waals surface area contributed by atoms with Gasteiger partial charge in [-0.15, -0.1) is 0 Å². The summed E-state index contributed by atoms with van der Waals surface area (Å²) < 4.78 is 0. The Hall–Kier alpha value is -6.30. The van der Waals surface area contributed by atoms with Crippen molar-refractivity contribution in [3.05, 3.63) is 106 Å². The Morgan fingerprint density at radius 1 is 0.381 bits per heavy atom. The topological polar surface area (TPSA) is 241 Å². The van der Waals surface area contributed by atoms with Crippen molar-refractivity contribution in [2.24, 2.45) is 17.2 Å². The highest BCUT2D eigenvalue weighted by atomic mass is 16.4. The van der Waals surface area contributed by atoms with Gasteiger partial charge in [-0.3, -0.25) is 14.4 Å². The van der Waals surface area contributed by atoms with E-state index in [9.17, 15) is 44.1 Å². The van der Waals surface area contributed by atoms with Crippen LogP contribution in [0.1, 0.15) is 62.1 Å². The number of benzene rings is 4. The quantitative estimate of drug-likeness (QED) is 0.174. The highest BCUT2D eigenvalue weighted by Crippen LogP contribution is 2.44. The summed E-state index contributed by atoms with van der Waals surface area (Å²) in [4.78, 5) is 73.8. The maximum Gasteiger partial charge on any atom is 0.335 e. The molecule has 0 aliphatic rings. The van der Waals surface area contributed by atoms with E-state index in [1.807, 2.05) is 0 Å². The molecule has 0 atom stereocenters. The molecule has 0 bridgehead atoms. The van der Waals surface area contributed by atoms with Crippen LogP contribution >= 0.6 is 0 Å². The zero-order valence-electron chi connectivity index (χ0n) is 21.5. The minimum absolute atomic E-state index is 0.109. The molecule has 0 aliphatic carbocycles. The predicted octanol–water partition coefficient (Wildman–Crippen LogP) is 3.08.